The number of rotatable bonds is 2. The largest absolute Gasteiger partial charge is 0.348 e. The first-order chi connectivity index (χ1) is 11.8. The summed E-state index contributed by atoms with van der Waals surface area (Å²) in [5, 5.41) is 5.42. The molecule has 1 aliphatic heterocycles. The molecule has 1 atom stereocenters. The van der Waals surface area contributed by atoms with Crippen molar-refractivity contribution >= 4 is 16.9 Å². The van der Waals surface area contributed by atoms with Gasteiger partial charge in [-0.25, -0.2) is 9.97 Å². The van der Waals surface area contributed by atoms with E-state index in [4.69, 9.17) is 0 Å². The predicted molar refractivity (Wildman–Crippen MR) is 93.7 cm³/mol. The van der Waals surface area contributed by atoms with Crippen LogP contribution in [-0.2, 0) is 7.05 Å². The third kappa shape index (κ3) is 1.84. The molecule has 3 aromatic rings. The van der Waals surface area contributed by atoms with Gasteiger partial charge in [0.05, 0.1) is 17.6 Å². The molecule has 2 aromatic heterocycles. The maximum Gasteiger partial charge on any atom is 0.163 e. The van der Waals surface area contributed by atoms with Gasteiger partial charge in [0, 0.05) is 19.0 Å². The number of fused-ring (bicyclic) bond motifs is 1. The van der Waals surface area contributed by atoms with Crippen molar-refractivity contribution in [2.45, 2.75) is 31.7 Å². The van der Waals surface area contributed by atoms with Crippen molar-refractivity contribution in [1.82, 2.24) is 19.7 Å². The summed E-state index contributed by atoms with van der Waals surface area (Å²) in [5.41, 5.74) is 2.72. The second kappa shape index (κ2) is 5.03. The summed E-state index contributed by atoms with van der Waals surface area (Å²) in [6, 6.07) is 11.3. The van der Waals surface area contributed by atoms with Gasteiger partial charge in [-0.2, -0.15) is 5.10 Å². The molecule has 0 radical (unpaired) electrons. The summed E-state index contributed by atoms with van der Waals surface area (Å²) in [6.07, 6.45) is 8.91. The number of anilines is 1. The Labute approximate surface area is 141 Å². The van der Waals surface area contributed by atoms with E-state index in [2.05, 4.69) is 50.3 Å². The van der Waals surface area contributed by atoms with E-state index < -0.39 is 0 Å². The van der Waals surface area contributed by atoms with Crippen LogP contribution in [-0.4, -0.2) is 26.3 Å². The Bertz CT molecular complexity index is 879. The van der Waals surface area contributed by atoms with Gasteiger partial charge < -0.3 is 4.90 Å². The maximum absolute atomic E-state index is 4.63. The quantitative estimate of drug-likeness (QED) is 0.725. The van der Waals surface area contributed by atoms with Crippen LogP contribution in [0.4, 0.5) is 5.82 Å². The first kappa shape index (κ1) is 14.0. The maximum atomic E-state index is 4.63. The number of benzene rings is 1. The van der Waals surface area contributed by atoms with Gasteiger partial charge in [-0.1, -0.05) is 43.2 Å². The lowest BCUT2D eigenvalue weighted by atomic mass is 9.67. The second-order valence-corrected chi connectivity index (χ2v) is 7.21. The summed E-state index contributed by atoms with van der Waals surface area (Å²) in [7, 11) is 1.93. The smallest absolute Gasteiger partial charge is 0.163 e. The SMILES string of the molecule is Cn1ncc2c(N3CC4(CCCC4)[C@@H]3c3ccccc3)ncnc21. The predicted octanol–water partition coefficient (Wildman–Crippen LogP) is 3.49. The minimum atomic E-state index is 0.416. The van der Waals surface area contributed by atoms with Crippen LogP contribution in [0.25, 0.3) is 11.0 Å². The Balaban J connectivity index is 1.62. The molecule has 1 spiro atoms. The molecule has 2 aliphatic rings. The topological polar surface area (TPSA) is 46.8 Å². The van der Waals surface area contributed by atoms with Gasteiger partial charge >= 0.3 is 0 Å². The number of nitrogens with zero attached hydrogens (tertiary/aromatic N) is 5. The first-order valence-electron chi connectivity index (χ1n) is 8.73. The van der Waals surface area contributed by atoms with Crippen molar-refractivity contribution in [3.05, 3.63) is 48.4 Å². The molecule has 24 heavy (non-hydrogen) atoms. The van der Waals surface area contributed by atoms with E-state index in [1.54, 1.807) is 6.33 Å². The number of hydrogen-bond donors (Lipinski definition) is 0. The van der Waals surface area contributed by atoms with Gasteiger partial charge in [-0.3, -0.25) is 4.68 Å². The van der Waals surface area contributed by atoms with E-state index in [-0.39, 0.29) is 0 Å². The highest BCUT2D eigenvalue weighted by Crippen LogP contribution is 2.59. The van der Waals surface area contributed by atoms with Gasteiger partial charge in [0.2, 0.25) is 0 Å². The third-order valence-corrected chi connectivity index (χ3v) is 5.87. The van der Waals surface area contributed by atoms with Crippen LogP contribution >= 0.6 is 0 Å². The van der Waals surface area contributed by atoms with Crippen LogP contribution in [0.5, 0.6) is 0 Å². The Morgan fingerprint density at radius 2 is 1.88 bits per heavy atom. The molecule has 1 aromatic carbocycles. The summed E-state index contributed by atoms with van der Waals surface area (Å²) < 4.78 is 1.82. The molecule has 5 heteroatoms. The molecule has 1 saturated carbocycles. The Morgan fingerprint density at radius 1 is 1.08 bits per heavy atom. The van der Waals surface area contributed by atoms with Crippen LogP contribution in [0, 0.1) is 5.41 Å². The van der Waals surface area contributed by atoms with Crippen molar-refractivity contribution in [2.24, 2.45) is 12.5 Å². The zero-order chi connectivity index (χ0) is 16.1. The fourth-order valence-corrected chi connectivity index (χ4v) is 4.79. The number of aromatic nitrogens is 4. The summed E-state index contributed by atoms with van der Waals surface area (Å²) in [6.45, 7) is 1.09. The van der Waals surface area contributed by atoms with E-state index in [1.165, 1.54) is 31.2 Å². The summed E-state index contributed by atoms with van der Waals surface area (Å²) in [5.74, 6) is 1.03. The highest BCUT2D eigenvalue weighted by atomic mass is 15.3. The Hall–Kier alpha value is -2.43. The highest BCUT2D eigenvalue weighted by Gasteiger charge is 2.54. The lowest BCUT2D eigenvalue weighted by Gasteiger charge is -2.57. The molecule has 2 fully saturated rings. The van der Waals surface area contributed by atoms with Crippen LogP contribution in [0.3, 0.4) is 0 Å². The van der Waals surface area contributed by atoms with Crippen LogP contribution < -0.4 is 4.90 Å². The van der Waals surface area contributed by atoms with Crippen LogP contribution in [0.1, 0.15) is 37.3 Å². The Kier molecular flexibility index (Phi) is 2.93. The normalized spacial score (nSPS) is 22.2. The number of aryl methyl sites for hydroxylation is 1. The Morgan fingerprint density at radius 3 is 2.67 bits per heavy atom. The van der Waals surface area contributed by atoms with E-state index >= 15 is 0 Å². The molecular formula is C19H21N5. The van der Waals surface area contributed by atoms with Crippen molar-refractivity contribution in [3.63, 3.8) is 0 Å². The molecule has 1 saturated heterocycles. The zero-order valence-electron chi connectivity index (χ0n) is 13.9. The van der Waals surface area contributed by atoms with Crippen LogP contribution in [0.15, 0.2) is 42.9 Å². The minimum absolute atomic E-state index is 0.416. The molecule has 0 N–H and O–H groups in total. The summed E-state index contributed by atoms with van der Waals surface area (Å²) in [4.78, 5) is 11.5. The van der Waals surface area contributed by atoms with E-state index in [0.29, 0.717) is 11.5 Å². The van der Waals surface area contributed by atoms with Crippen molar-refractivity contribution in [1.29, 1.82) is 0 Å². The molecule has 0 amide bonds. The van der Waals surface area contributed by atoms with Gasteiger partial charge in [-0.05, 0) is 18.4 Å². The molecule has 5 rings (SSSR count). The average Bonchev–Trinajstić information content (AvgIpc) is 3.23. The van der Waals surface area contributed by atoms with Gasteiger partial charge in [0.1, 0.15) is 12.1 Å². The lowest BCUT2D eigenvalue weighted by Crippen LogP contribution is -2.58. The monoisotopic (exact) mass is 319 g/mol. The van der Waals surface area contributed by atoms with Gasteiger partial charge in [0.15, 0.2) is 5.65 Å². The molecule has 0 unspecified atom stereocenters. The van der Waals surface area contributed by atoms with Crippen LogP contribution in [0.2, 0.25) is 0 Å². The molecule has 3 heterocycles. The number of hydrogen-bond acceptors (Lipinski definition) is 4. The highest BCUT2D eigenvalue weighted by molar-refractivity contribution is 5.87. The standard InChI is InChI=1S/C19H21N5/c1-23-17-15(11-22-23)18(21-13-20-17)24-12-19(9-5-6-10-19)16(24)14-7-3-2-4-8-14/h2-4,7-8,11,13,16H,5-6,9-10,12H2,1H3/t16-/m0/s1. The van der Waals surface area contributed by atoms with Gasteiger partial charge in [-0.15, -0.1) is 0 Å². The summed E-state index contributed by atoms with van der Waals surface area (Å²) >= 11 is 0. The first-order valence-corrected chi connectivity index (χ1v) is 8.73. The van der Waals surface area contributed by atoms with Crippen molar-refractivity contribution in [3.8, 4) is 0 Å². The average molecular weight is 319 g/mol. The zero-order valence-corrected chi connectivity index (χ0v) is 13.9. The van der Waals surface area contributed by atoms with E-state index in [1.807, 2.05) is 17.9 Å². The third-order valence-electron chi connectivity index (χ3n) is 5.87. The molecule has 1 aliphatic carbocycles. The van der Waals surface area contributed by atoms with E-state index in [0.717, 1.165) is 23.4 Å². The fourth-order valence-electron chi connectivity index (χ4n) is 4.79. The molecular weight excluding hydrogens is 298 g/mol. The molecule has 122 valence electrons. The molecule has 5 nitrogen and oxygen atoms in total. The van der Waals surface area contributed by atoms with Gasteiger partial charge in [0.25, 0.3) is 0 Å². The van der Waals surface area contributed by atoms with E-state index in [9.17, 15) is 0 Å². The second-order valence-electron chi connectivity index (χ2n) is 7.21. The minimum Gasteiger partial charge on any atom is -0.348 e. The molecule has 0 bridgehead atoms. The lowest BCUT2D eigenvalue weighted by molar-refractivity contribution is 0.135. The fraction of sp³-hybridized carbons (Fsp3) is 0.421. The van der Waals surface area contributed by atoms with Crippen molar-refractivity contribution < 1.29 is 0 Å². The van der Waals surface area contributed by atoms with Crippen molar-refractivity contribution in [2.75, 3.05) is 11.4 Å².